The highest BCUT2D eigenvalue weighted by Crippen LogP contribution is 2.30. The largest absolute Gasteiger partial charge is 0.340 e. The lowest BCUT2D eigenvalue weighted by molar-refractivity contribution is 0.0767. The summed E-state index contributed by atoms with van der Waals surface area (Å²) in [6.07, 6.45) is 0.708. The summed E-state index contributed by atoms with van der Waals surface area (Å²) < 4.78 is 29.9. The predicted octanol–water partition coefficient (Wildman–Crippen LogP) is 4.58. The number of benzene rings is 3. The third kappa shape index (κ3) is 3.82. The molecule has 0 unspecified atom stereocenters. The molecule has 2 aromatic heterocycles. The molecular weight excluding hydrogens is 462 g/mol. The molecule has 0 saturated carbocycles. The molecule has 1 aliphatic heterocycles. The van der Waals surface area contributed by atoms with Crippen LogP contribution in [0.1, 0.15) is 16.8 Å². The van der Waals surface area contributed by atoms with Crippen LogP contribution >= 0.6 is 0 Å². The Morgan fingerprint density at radius 2 is 1.58 bits per heavy atom. The maximum absolute atomic E-state index is 14.8. The Labute approximate surface area is 205 Å². The van der Waals surface area contributed by atoms with Crippen LogP contribution in [0.5, 0.6) is 0 Å². The minimum Gasteiger partial charge on any atom is -0.340 e. The number of carbonyl (C=O) groups is 1. The highest BCUT2D eigenvalue weighted by molar-refractivity contribution is 5.94. The number of rotatable bonds is 3. The SMILES string of the molecule is O=C(c1ccc(F)cc1)N1CCCN(c2nc3ccccc3c3nnc(-c4ccccc4F)n23)CC1. The summed E-state index contributed by atoms with van der Waals surface area (Å²) in [6, 6.07) is 19.7. The number of amides is 1. The van der Waals surface area contributed by atoms with Crippen LogP contribution in [0.4, 0.5) is 14.7 Å². The molecular formula is C27H22F2N6O. The third-order valence-corrected chi connectivity index (χ3v) is 6.50. The van der Waals surface area contributed by atoms with E-state index in [4.69, 9.17) is 4.98 Å². The minimum absolute atomic E-state index is 0.134. The summed E-state index contributed by atoms with van der Waals surface area (Å²) in [5.41, 5.74) is 2.15. The van der Waals surface area contributed by atoms with Crippen LogP contribution < -0.4 is 4.90 Å². The van der Waals surface area contributed by atoms with Crippen LogP contribution in [-0.2, 0) is 0 Å². The molecule has 0 atom stereocenters. The zero-order valence-electron chi connectivity index (χ0n) is 19.3. The number of hydrogen-bond acceptors (Lipinski definition) is 5. The number of carbonyl (C=O) groups excluding carboxylic acids is 1. The smallest absolute Gasteiger partial charge is 0.253 e. The van der Waals surface area contributed by atoms with Crippen molar-refractivity contribution in [3.63, 3.8) is 0 Å². The van der Waals surface area contributed by atoms with Gasteiger partial charge in [-0.15, -0.1) is 10.2 Å². The Bertz CT molecular complexity index is 1580. The molecule has 36 heavy (non-hydrogen) atoms. The second kappa shape index (κ2) is 8.99. The fourth-order valence-corrected chi connectivity index (χ4v) is 4.69. The molecule has 1 aliphatic rings. The fourth-order valence-electron chi connectivity index (χ4n) is 4.69. The summed E-state index contributed by atoms with van der Waals surface area (Å²) in [4.78, 5) is 21.8. The Hall–Kier alpha value is -4.40. The van der Waals surface area contributed by atoms with Crippen LogP contribution in [0.25, 0.3) is 27.9 Å². The van der Waals surface area contributed by atoms with Gasteiger partial charge in [-0.2, -0.15) is 0 Å². The lowest BCUT2D eigenvalue weighted by Gasteiger charge is -2.24. The van der Waals surface area contributed by atoms with Gasteiger partial charge in [0.2, 0.25) is 5.95 Å². The van der Waals surface area contributed by atoms with E-state index in [9.17, 15) is 13.6 Å². The Morgan fingerprint density at radius 1 is 0.806 bits per heavy atom. The van der Waals surface area contributed by atoms with E-state index in [1.807, 2.05) is 24.3 Å². The lowest BCUT2D eigenvalue weighted by Crippen LogP contribution is -2.36. The molecule has 0 bridgehead atoms. The van der Waals surface area contributed by atoms with Crippen molar-refractivity contribution in [1.82, 2.24) is 24.5 Å². The van der Waals surface area contributed by atoms with Gasteiger partial charge in [0.05, 0.1) is 11.1 Å². The second-order valence-electron chi connectivity index (χ2n) is 8.73. The maximum Gasteiger partial charge on any atom is 0.253 e. The van der Waals surface area contributed by atoms with Crippen molar-refractivity contribution in [2.24, 2.45) is 0 Å². The van der Waals surface area contributed by atoms with E-state index in [0.29, 0.717) is 61.1 Å². The van der Waals surface area contributed by atoms with Crippen LogP contribution in [0, 0.1) is 11.6 Å². The first-order valence-corrected chi connectivity index (χ1v) is 11.8. The molecule has 0 aliphatic carbocycles. The van der Waals surface area contributed by atoms with Crippen molar-refractivity contribution in [2.45, 2.75) is 6.42 Å². The van der Waals surface area contributed by atoms with Gasteiger partial charge in [0, 0.05) is 37.1 Å². The van der Waals surface area contributed by atoms with E-state index in [1.165, 1.54) is 30.3 Å². The highest BCUT2D eigenvalue weighted by Gasteiger charge is 2.25. The van der Waals surface area contributed by atoms with Crippen LogP contribution in [-0.4, -0.2) is 56.6 Å². The maximum atomic E-state index is 14.8. The zero-order valence-corrected chi connectivity index (χ0v) is 19.3. The van der Waals surface area contributed by atoms with E-state index < -0.39 is 5.82 Å². The van der Waals surface area contributed by atoms with Gasteiger partial charge in [0.15, 0.2) is 11.5 Å². The number of nitrogens with zero attached hydrogens (tertiary/aromatic N) is 6. The van der Waals surface area contributed by atoms with E-state index in [-0.39, 0.29) is 11.7 Å². The fraction of sp³-hybridized carbons (Fsp3) is 0.185. The Balaban J connectivity index is 1.41. The monoisotopic (exact) mass is 484 g/mol. The molecule has 180 valence electrons. The van der Waals surface area contributed by atoms with Gasteiger partial charge < -0.3 is 9.80 Å². The quantitative estimate of drug-likeness (QED) is 0.375. The molecule has 1 saturated heterocycles. The normalized spacial score (nSPS) is 14.4. The first-order chi connectivity index (χ1) is 17.6. The molecule has 6 rings (SSSR count). The summed E-state index contributed by atoms with van der Waals surface area (Å²) in [5, 5.41) is 9.59. The van der Waals surface area contributed by atoms with Crippen molar-refractivity contribution in [3.05, 3.63) is 90.0 Å². The van der Waals surface area contributed by atoms with Gasteiger partial charge in [0.25, 0.3) is 5.91 Å². The molecule has 5 aromatic rings. The third-order valence-electron chi connectivity index (χ3n) is 6.50. The van der Waals surface area contributed by atoms with Gasteiger partial charge in [-0.3, -0.25) is 4.79 Å². The summed E-state index contributed by atoms with van der Waals surface area (Å²) in [6.45, 7) is 2.18. The Morgan fingerprint density at radius 3 is 2.42 bits per heavy atom. The number of aromatic nitrogens is 4. The van der Waals surface area contributed by atoms with Crippen LogP contribution in [0.3, 0.4) is 0 Å². The first-order valence-electron chi connectivity index (χ1n) is 11.8. The average Bonchev–Trinajstić information content (AvgIpc) is 3.19. The van der Waals surface area contributed by atoms with E-state index >= 15 is 0 Å². The molecule has 0 N–H and O–H groups in total. The number of hydrogen-bond donors (Lipinski definition) is 0. The minimum atomic E-state index is -0.391. The van der Waals surface area contributed by atoms with Gasteiger partial charge in [0.1, 0.15) is 11.6 Å². The molecule has 3 aromatic carbocycles. The van der Waals surface area contributed by atoms with Gasteiger partial charge >= 0.3 is 0 Å². The van der Waals surface area contributed by atoms with Crippen molar-refractivity contribution in [3.8, 4) is 11.4 Å². The Kier molecular flexibility index (Phi) is 5.52. The molecule has 1 amide bonds. The molecule has 0 spiro atoms. The van der Waals surface area contributed by atoms with Gasteiger partial charge in [-0.25, -0.2) is 18.2 Å². The van der Waals surface area contributed by atoms with E-state index in [2.05, 4.69) is 15.1 Å². The number of halogens is 2. The highest BCUT2D eigenvalue weighted by atomic mass is 19.1. The number of para-hydroxylation sites is 1. The van der Waals surface area contributed by atoms with Crippen molar-refractivity contribution >= 4 is 28.4 Å². The standard InChI is InChI=1S/C27H22F2N6O/c28-19-12-10-18(11-13-19)26(36)33-14-5-15-34(17-16-33)27-30-23-9-4-2-7-21(23)25-32-31-24(35(25)27)20-6-1-3-8-22(20)29/h1-4,6-13H,5,14-17H2. The van der Waals surface area contributed by atoms with Crippen molar-refractivity contribution < 1.29 is 13.6 Å². The van der Waals surface area contributed by atoms with E-state index in [0.717, 1.165) is 10.9 Å². The first kappa shape index (κ1) is 22.1. The lowest BCUT2D eigenvalue weighted by atomic mass is 10.2. The van der Waals surface area contributed by atoms with E-state index in [1.54, 1.807) is 27.5 Å². The molecule has 0 radical (unpaired) electrons. The van der Waals surface area contributed by atoms with Crippen molar-refractivity contribution in [2.75, 3.05) is 31.1 Å². The summed E-state index contributed by atoms with van der Waals surface area (Å²) >= 11 is 0. The molecule has 1 fully saturated rings. The summed E-state index contributed by atoms with van der Waals surface area (Å²) in [7, 11) is 0. The van der Waals surface area contributed by atoms with Gasteiger partial charge in [-0.05, 0) is 55.0 Å². The number of fused-ring (bicyclic) bond motifs is 3. The molecule has 3 heterocycles. The molecule has 7 nitrogen and oxygen atoms in total. The summed E-state index contributed by atoms with van der Waals surface area (Å²) in [5.74, 6) is 0.0742. The number of anilines is 1. The topological polar surface area (TPSA) is 66.6 Å². The van der Waals surface area contributed by atoms with Crippen LogP contribution in [0.15, 0.2) is 72.8 Å². The zero-order chi connectivity index (χ0) is 24.6. The van der Waals surface area contributed by atoms with Crippen LogP contribution in [0.2, 0.25) is 0 Å². The predicted molar refractivity (Wildman–Crippen MR) is 133 cm³/mol. The van der Waals surface area contributed by atoms with Gasteiger partial charge in [-0.1, -0.05) is 24.3 Å². The van der Waals surface area contributed by atoms with Crippen molar-refractivity contribution in [1.29, 1.82) is 0 Å². The molecule has 9 heteroatoms. The second-order valence-corrected chi connectivity index (χ2v) is 8.73. The average molecular weight is 485 g/mol.